The van der Waals surface area contributed by atoms with Gasteiger partial charge < -0.3 is 26.1 Å². The lowest BCUT2D eigenvalue weighted by Crippen LogP contribution is -2.49. The lowest BCUT2D eigenvalue weighted by atomic mass is 10.0. The van der Waals surface area contributed by atoms with Gasteiger partial charge in [-0.2, -0.15) is 0 Å². The van der Waals surface area contributed by atoms with Crippen molar-refractivity contribution in [1.29, 1.82) is 0 Å². The molecule has 0 aliphatic carbocycles. The summed E-state index contributed by atoms with van der Waals surface area (Å²) in [5.74, 6) is 5.19. The highest BCUT2D eigenvalue weighted by Gasteiger charge is 2.31. The van der Waals surface area contributed by atoms with Crippen LogP contribution in [0, 0.1) is 10.1 Å². The van der Waals surface area contributed by atoms with E-state index in [1.54, 1.807) is 0 Å². The molecule has 0 atom stereocenters. The summed E-state index contributed by atoms with van der Waals surface area (Å²) in [6.45, 7) is -1.80. The van der Waals surface area contributed by atoms with Gasteiger partial charge in [0.2, 0.25) is 0 Å². The summed E-state index contributed by atoms with van der Waals surface area (Å²) in [5, 5.41) is 41.2. The van der Waals surface area contributed by atoms with E-state index in [9.17, 15) is 25.4 Å². The van der Waals surface area contributed by atoms with Crippen molar-refractivity contribution in [1.82, 2.24) is 0 Å². The van der Waals surface area contributed by atoms with E-state index in [-0.39, 0.29) is 17.1 Å². The molecule has 0 unspecified atom stereocenters. The summed E-state index contributed by atoms with van der Waals surface area (Å²) < 4.78 is 0. The van der Waals surface area contributed by atoms with E-state index >= 15 is 0 Å². The van der Waals surface area contributed by atoms with E-state index in [1.807, 2.05) is 0 Å². The van der Waals surface area contributed by atoms with Crippen LogP contribution in [-0.4, -0.2) is 45.6 Å². The Balaban J connectivity index is 3.23. The maximum absolute atomic E-state index is 11.0. The van der Waals surface area contributed by atoms with Gasteiger partial charge in [0, 0.05) is 0 Å². The molecule has 0 saturated heterocycles. The minimum Gasteiger partial charge on any atom is -0.394 e. The Bertz CT molecular complexity index is 441. The maximum atomic E-state index is 11.0. The average molecular weight is 272 g/mol. The summed E-state index contributed by atoms with van der Waals surface area (Å²) >= 11 is 0. The number of nitro groups is 1. The molecule has 0 bridgehead atoms. The summed E-state index contributed by atoms with van der Waals surface area (Å²) in [6.07, 6.45) is 0. The van der Waals surface area contributed by atoms with Gasteiger partial charge in [0.15, 0.2) is 0 Å². The van der Waals surface area contributed by atoms with Crippen LogP contribution in [-0.2, 0) is 0 Å². The standard InChI is InChI=1S/C10H16N4O5/c11-13-8-3-1-2-7(9(8)14(18)19)12-10(4-15,5-16)6-17/h1-3,12-13,15-17H,4-6,11H2. The second-order valence-electron chi connectivity index (χ2n) is 3.98. The largest absolute Gasteiger partial charge is 0.394 e. The highest BCUT2D eigenvalue weighted by Crippen LogP contribution is 2.33. The van der Waals surface area contributed by atoms with Crippen LogP contribution in [0.25, 0.3) is 0 Å². The van der Waals surface area contributed by atoms with Gasteiger partial charge in [-0.05, 0) is 12.1 Å². The Morgan fingerprint density at radius 2 is 1.74 bits per heavy atom. The molecule has 9 heteroatoms. The number of hydrogen-bond donors (Lipinski definition) is 6. The average Bonchev–Trinajstić information content (AvgIpc) is 2.44. The van der Waals surface area contributed by atoms with Crippen molar-refractivity contribution in [3.05, 3.63) is 28.3 Å². The van der Waals surface area contributed by atoms with Crippen LogP contribution >= 0.6 is 0 Å². The number of nitrogens with zero attached hydrogens (tertiary/aromatic N) is 1. The van der Waals surface area contributed by atoms with Gasteiger partial charge in [-0.3, -0.25) is 16.0 Å². The fraction of sp³-hybridized carbons (Fsp3) is 0.400. The van der Waals surface area contributed by atoms with Crippen molar-refractivity contribution in [2.45, 2.75) is 5.54 Å². The number of hydrogen-bond acceptors (Lipinski definition) is 8. The first-order valence-corrected chi connectivity index (χ1v) is 5.38. The molecule has 0 amide bonds. The third-order valence-corrected chi connectivity index (χ3v) is 2.68. The molecule has 0 aliphatic rings. The third-order valence-electron chi connectivity index (χ3n) is 2.68. The number of nitro benzene ring substituents is 1. The number of rotatable bonds is 7. The number of anilines is 2. The first kappa shape index (κ1) is 15.1. The van der Waals surface area contributed by atoms with Crippen LogP contribution in [0.5, 0.6) is 0 Å². The monoisotopic (exact) mass is 272 g/mol. The molecular formula is C10H16N4O5. The lowest BCUT2D eigenvalue weighted by molar-refractivity contribution is -0.383. The summed E-state index contributed by atoms with van der Waals surface area (Å²) in [7, 11) is 0. The third kappa shape index (κ3) is 3.09. The predicted octanol–water partition coefficient (Wildman–Crippen LogP) is -0.992. The summed E-state index contributed by atoms with van der Waals surface area (Å²) in [6, 6.07) is 4.29. The van der Waals surface area contributed by atoms with Crippen molar-refractivity contribution < 1.29 is 20.2 Å². The smallest absolute Gasteiger partial charge is 0.316 e. The molecule has 1 rings (SSSR count). The highest BCUT2D eigenvalue weighted by molar-refractivity contribution is 5.76. The van der Waals surface area contributed by atoms with E-state index in [2.05, 4.69) is 10.7 Å². The first-order valence-electron chi connectivity index (χ1n) is 5.38. The van der Waals surface area contributed by atoms with E-state index in [0.29, 0.717) is 0 Å². The number of para-hydroxylation sites is 1. The Morgan fingerprint density at radius 1 is 1.21 bits per heavy atom. The number of aliphatic hydroxyl groups is 3. The van der Waals surface area contributed by atoms with Crippen LogP contribution in [0.2, 0.25) is 0 Å². The van der Waals surface area contributed by atoms with Crippen molar-refractivity contribution in [3.8, 4) is 0 Å². The van der Waals surface area contributed by atoms with Gasteiger partial charge in [0.05, 0.1) is 24.7 Å². The van der Waals surface area contributed by atoms with Gasteiger partial charge in [-0.25, -0.2) is 0 Å². The molecule has 0 fully saturated rings. The Hall–Kier alpha value is -1.94. The maximum Gasteiger partial charge on any atom is 0.316 e. The normalized spacial score (nSPS) is 11.2. The van der Waals surface area contributed by atoms with Crippen molar-refractivity contribution in [2.75, 3.05) is 30.6 Å². The summed E-state index contributed by atoms with van der Waals surface area (Å²) in [5.41, 5.74) is 0.478. The van der Waals surface area contributed by atoms with Gasteiger partial charge >= 0.3 is 5.69 Å². The number of nitrogens with two attached hydrogens (primary N) is 1. The van der Waals surface area contributed by atoms with E-state index < -0.39 is 30.3 Å². The van der Waals surface area contributed by atoms with Gasteiger partial charge in [0.25, 0.3) is 0 Å². The number of benzene rings is 1. The zero-order chi connectivity index (χ0) is 14.5. The lowest BCUT2D eigenvalue weighted by Gasteiger charge is -2.29. The van der Waals surface area contributed by atoms with Crippen LogP contribution in [0.4, 0.5) is 17.1 Å². The molecule has 106 valence electrons. The molecule has 7 N–H and O–H groups in total. The van der Waals surface area contributed by atoms with Crippen LogP contribution in [0.3, 0.4) is 0 Å². The molecule has 0 aromatic heterocycles. The quantitative estimate of drug-likeness (QED) is 0.210. The number of nitrogens with one attached hydrogen (secondary N) is 2. The minimum absolute atomic E-state index is 0.0256. The fourth-order valence-corrected chi connectivity index (χ4v) is 1.51. The molecule has 0 radical (unpaired) electrons. The van der Waals surface area contributed by atoms with Crippen molar-refractivity contribution >= 4 is 17.1 Å². The fourth-order valence-electron chi connectivity index (χ4n) is 1.51. The highest BCUT2D eigenvalue weighted by atomic mass is 16.6. The molecular weight excluding hydrogens is 256 g/mol. The molecule has 9 nitrogen and oxygen atoms in total. The Labute approximate surface area is 108 Å². The minimum atomic E-state index is -1.46. The van der Waals surface area contributed by atoms with Crippen molar-refractivity contribution in [2.24, 2.45) is 5.84 Å². The van der Waals surface area contributed by atoms with Crippen LogP contribution in [0.1, 0.15) is 0 Å². The molecule has 0 spiro atoms. The Kier molecular flexibility index (Phi) is 5.01. The Morgan fingerprint density at radius 3 is 2.16 bits per heavy atom. The zero-order valence-corrected chi connectivity index (χ0v) is 10.0. The molecule has 19 heavy (non-hydrogen) atoms. The molecule has 0 heterocycles. The van der Waals surface area contributed by atoms with E-state index in [4.69, 9.17) is 5.84 Å². The molecule has 0 aliphatic heterocycles. The number of aliphatic hydroxyl groups excluding tert-OH is 3. The van der Waals surface area contributed by atoms with Crippen molar-refractivity contribution in [3.63, 3.8) is 0 Å². The van der Waals surface area contributed by atoms with Gasteiger partial charge in [-0.15, -0.1) is 0 Å². The first-order chi connectivity index (χ1) is 9.03. The number of nitrogen functional groups attached to an aromatic ring is 1. The van der Waals surface area contributed by atoms with Crippen LogP contribution in [0.15, 0.2) is 18.2 Å². The molecule has 1 aromatic rings. The van der Waals surface area contributed by atoms with Crippen LogP contribution < -0.4 is 16.6 Å². The van der Waals surface area contributed by atoms with Gasteiger partial charge in [-0.1, -0.05) is 6.07 Å². The predicted molar refractivity (Wildman–Crippen MR) is 68.5 cm³/mol. The zero-order valence-electron chi connectivity index (χ0n) is 10.0. The SMILES string of the molecule is NNc1cccc(NC(CO)(CO)CO)c1[N+](=O)[O-]. The van der Waals surface area contributed by atoms with E-state index in [1.165, 1.54) is 18.2 Å². The second-order valence-corrected chi connectivity index (χ2v) is 3.98. The summed E-state index contributed by atoms with van der Waals surface area (Å²) in [4.78, 5) is 10.4. The molecule has 1 aromatic carbocycles. The number of hydrazine groups is 1. The van der Waals surface area contributed by atoms with Gasteiger partial charge in [0.1, 0.15) is 16.9 Å². The molecule has 0 saturated carbocycles. The second kappa shape index (κ2) is 6.29. The van der Waals surface area contributed by atoms with E-state index in [0.717, 1.165) is 0 Å². The topological polar surface area (TPSA) is 154 Å².